The number of hydrogen-bond acceptors (Lipinski definition) is 3. The van der Waals surface area contributed by atoms with Crippen LogP contribution in [0.4, 0.5) is 5.69 Å². The van der Waals surface area contributed by atoms with Crippen molar-refractivity contribution >= 4 is 33.0 Å². The number of carbonyl (C=O) groups excluding carboxylic acids is 1. The van der Waals surface area contributed by atoms with Crippen molar-refractivity contribution < 1.29 is 13.2 Å². The number of anilines is 1. The highest BCUT2D eigenvalue weighted by molar-refractivity contribution is 7.90. The van der Waals surface area contributed by atoms with E-state index in [-0.39, 0.29) is 21.5 Å². The molecule has 0 aliphatic rings. The molecule has 128 valence electrons. The van der Waals surface area contributed by atoms with Gasteiger partial charge in [0.25, 0.3) is 5.91 Å². The van der Waals surface area contributed by atoms with Gasteiger partial charge in [-0.1, -0.05) is 37.1 Å². The van der Waals surface area contributed by atoms with E-state index in [1.807, 2.05) is 12.1 Å². The van der Waals surface area contributed by atoms with E-state index in [0.29, 0.717) is 5.56 Å². The van der Waals surface area contributed by atoms with Crippen LogP contribution in [0.5, 0.6) is 0 Å². The highest BCUT2D eigenvalue weighted by Crippen LogP contribution is 2.26. The first-order valence-corrected chi connectivity index (χ1v) is 9.98. The number of aryl methyl sites for hydroxylation is 1. The van der Waals surface area contributed by atoms with Crippen molar-refractivity contribution in [3.05, 3.63) is 58.6 Å². The van der Waals surface area contributed by atoms with E-state index < -0.39 is 9.84 Å². The lowest BCUT2D eigenvalue weighted by molar-refractivity contribution is 0.102. The van der Waals surface area contributed by atoms with Gasteiger partial charge in [-0.3, -0.25) is 4.79 Å². The molecule has 0 saturated carbocycles. The summed E-state index contributed by atoms with van der Waals surface area (Å²) in [6.07, 6.45) is 4.33. The van der Waals surface area contributed by atoms with E-state index in [1.165, 1.54) is 23.8 Å². The Kier molecular flexibility index (Phi) is 6.02. The Morgan fingerprint density at radius 3 is 2.38 bits per heavy atom. The zero-order chi connectivity index (χ0) is 17.7. The van der Waals surface area contributed by atoms with Gasteiger partial charge in [-0.25, -0.2) is 8.42 Å². The van der Waals surface area contributed by atoms with Crippen LogP contribution in [0.1, 0.15) is 35.7 Å². The van der Waals surface area contributed by atoms with Gasteiger partial charge in [0.1, 0.15) is 0 Å². The van der Waals surface area contributed by atoms with E-state index in [4.69, 9.17) is 11.6 Å². The second-order valence-corrected chi connectivity index (χ2v) is 8.09. The molecule has 4 nitrogen and oxygen atoms in total. The Morgan fingerprint density at radius 2 is 1.79 bits per heavy atom. The minimum atomic E-state index is -3.37. The summed E-state index contributed by atoms with van der Waals surface area (Å²) in [6, 6.07) is 11.6. The zero-order valence-electron chi connectivity index (χ0n) is 13.7. The summed E-state index contributed by atoms with van der Waals surface area (Å²) in [7, 11) is -3.37. The molecule has 1 N–H and O–H groups in total. The highest BCUT2D eigenvalue weighted by atomic mass is 35.5. The Labute approximate surface area is 147 Å². The fraction of sp³-hybridized carbons (Fsp3) is 0.278. The first-order chi connectivity index (χ1) is 11.3. The van der Waals surface area contributed by atoms with Crippen LogP contribution < -0.4 is 5.32 Å². The molecule has 24 heavy (non-hydrogen) atoms. The molecule has 0 fully saturated rings. The molecule has 0 atom stereocenters. The molecule has 0 aromatic heterocycles. The van der Waals surface area contributed by atoms with E-state index in [9.17, 15) is 13.2 Å². The quantitative estimate of drug-likeness (QED) is 0.828. The molecule has 2 aromatic carbocycles. The molecular weight excluding hydrogens is 346 g/mol. The van der Waals surface area contributed by atoms with E-state index in [1.54, 1.807) is 12.1 Å². The van der Waals surface area contributed by atoms with Crippen LogP contribution in [0.3, 0.4) is 0 Å². The highest BCUT2D eigenvalue weighted by Gasteiger charge is 2.13. The fourth-order valence-electron chi connectivity index (χ4n) is 2.23. The Hall–Kier alpha value is -1.85. The van der Waals surface area contributed by atoms with Crippen molar-refractivity contribution in [1.29, 1.82) is 0 Å². The molecule has 6 heteroatoms. The Bertz CT molecular complexity index is 830. The topological polar surface area (TPSA) is 63.2 Å². The maximum Gasteiger partial charge on any atom is 0.255 e. The minimum Gasteiger partial charge on any atom is -0.321 e. The molecule has 0 heterocycles. The van der Waals surface area contributed by atoms with Gasteiger partial charge in [0.05, 0.1) is 15.6 Å². The molecule has 2 aromatic rings. The van der Waals surface area contributed by atoms with Crippen LogP contribution in [0, 0.1) is 0 Å². The average Bonchev–Trinajstić information content (AvgIpc) is 2.54. The van der Waals surface area contributed by atoms with E-state index in [0.717, 1.165) is 25.5 Å². The number of benzene rings is 2. The second kappa shape index (κ2) is 7.81. The SMILES string of the molecule is CCCCc1ccc(C(=O)Nc2cc(S(C)(=O)=O)ccc2Cl)cc1. The van der Waals surface area contributed by atoms with Gasteiger partial charge in [-0.2, -0.15) is 0 Å². The van der Waals surface area contributed by atoms with Gasteiger partial charge in [0.2, 0.25) is 0 Å². The van der Waals surface area contributed by atoms with E-state index in [2.05, 4.69) is 12.2 Å². The summed E-state index contributed by atoms with van der Waals surface area (Å²) in [4.78, 5) is 12.4. The molecule has 2 rings (SSSR count). The average molecular weight is 366 g/mol. The van der Waals surface area contributed by atoms with Crippen molar-refractivity contribution in [2.75, 3.05) is 11.6 Å². The fourth-order valence-corrected chi connectivity index (χ4v) is 3.04. The number of rotatable bonds is 6. The molecule has 1 amide bonds. The second-order valence-electron chi connectivity index (χ2n) is 5.67. The summed E-state index contributed by atoms with van der Waals surface area (Å²) in [5, 5.41) is 2.95. The third-order valence-corrected chi connectivity index (χ3v) is 5.09. The maximum atomic E-state index is 12.3. The largest absolute Gasteiger partial charge is 0.321 e. The van der Waals surface area contributed by atoms with Crippen LogP contribution in [-0.4, -0.2) is 20.6 Å². The van der Waals surface area contributed by atoms with Crippen LogP contribution in [0.2, 0.25) is 5.02 Å². The molecule has 0 unspecified atom stereocenters. The van der Waals surface area contributed by atoms with Crippen LogP contribution in [0.15, 0.2) is 47.4 Å². The van der Waals surface area contributed by atoms with Gasteiger partial charge < -0.3 is 5.32 Å². The third-order valence-electron chi connectivity index (χ3n) is 3.65. The Morgan fingerprint density at radius 1 is 1.12 bits per heavy atom. The van der Waals surface area contributed by atoms with Gasteiger partial charge in [0.15, 0.2) is 9.84 Å². The summed E-state index contributed by atoms with van der Waals surface area (Å²) < 4.78 is 23.2. The van der Waals surface area contributed by atoms with Gasteiger partial charge in [-0.05, 0) is 48.7 Å². The zero-order valence-corrected chi connectivity index (χ0v) is 15.2. The number of halogens is 1. The summed E-state index contributed by atoms with van der Waals surface area (Å²) in [6.45, 7) is 2.14. The van der Waals surface area contributed by atoms with Crippen LogP contribution in [0.25, 0.3) is 0 Å². The van der Waals surface area contributed by atoms with Crippen molar-refractivity contribution in [3.63, 3.8) is 0 Å². The lowest BCUT2D eigenvalue weighted by Crippen LogP contribution is -2.12. The first-order valence-electron chi connectivity index (χ1n) is 7.71. The van der Waals surface area contributed by atoms with Crippen LogP contribution in [-0.2, 0) is 16.3 Å². The van der Waals surface area contributed by atoms with Crippen molar-refractivity contribution in [2.24, 2.45) is 0 Å². The predicted octanol–water partition coefficient (Wildman–Crippen LogP) is 4.34. The minimum absolute atomic E-state index is 0.108. The molecule has 0 saturated heterocycles. The van der Waals surface area contributed by atoms with Crippen molar-refractivity contribution in [2.45, 2.75) is 31.1 Å². The molecule has 0 spiro atoms. The molecule has 0 bridgehead atoms. The Balaban J connectivity index is 2.17. The summed E-state index contributed by atoms with van der Waals surface area (Å²) in [5.74, 6) is -0.329. The van der Waals surface area contributed by atoms with E-state index >= 15 is 0 Å². The standard InChI is InChI=1S/C18H20ClNO3S/c1-3-4-5-13-6-8-14(9-7-13)18(21)20-17-12-15(24(2,22)23)10-11-16(17)19/h6-12H,3-5H2,1-2H3,(H,20,21). The number of hydrogen-bond donors (Lipinski definition) is 1. The normalized spacial score (nSPS) is 11.3. The van der Waals surface area contributed by atoms with Crippen molar-refractivity contribution in [1.82, 2.24) is 0 Å². The van der Waals surface area contributed by atoms with Gasteiger partial charge in [0, 0.05) is 11.8 Å². The lowest BCUT2D eigenvalue weighted by atomic mass is 10.1. The van der Waals surface area contributed by atoms with Crippen molar-refractivity contribution in [3.8, 4) is 0 Å². The van der Waals surface area contributed by atoms with Crippen LogP contribution >= 0.6 is 11.6 Å². The number of carbonyl (C=O) groups is 1. The smallest absolute Gasteiger partial charge is 0.255 e. The number of amides is 1. The molecule has 0 radical (unpaired) electrons. The predicted molar refractivity (Wildman–Crippen MR) is 97.6 cm³/mol. The lowest BCUT2D eigenvalue weighted by Gasteiger charge is -2.09. The molecule has 0 aliphatic carbocycles. The van der Waals surface area contributed by atoms with Gasteiger partial charge >= 0.3 is 0 Å². The number of unbranched alkanes of at least 4 members (excludes halogenated alkanes) is 1. The maximum absolute atomic E-state index is 12.3. The summed E-state index contributed by atoms with van der Waals surface area (Å²) >= 11 is 6.05. The third kappa shape index (κ3) is 4.82. The summed E-state index contributed by atoms with van der Waals surface area (Å²) in [5.41, 5.74) is 1.96. The van der Waals surface area contributed by atoms with Gasteiger partial charge in [-0.15, -0.1) is 0 Å². The number of sulfone groups is 1. The first kappa shape index (κ1) is 18.5. The number of nitrogens with one attached hydrogen (secondary N) is 1. The molecule has 0 aliphatic heterocycles. The monoisotopic (exact) mass is 365 g/mol. The molecular formula is C18H20ClNO3S.